The maximum atomic E-state index is 11.2. The summed E-state index contributed by atoms with van der Waals surface area (Å²) in [6, 6.07) is 6.42. The number of nitrogens with one attached hydrogen (secondary N) is 2. The summed E-state index contributed by atoms with van der Waals surface area (Å²) in [6.45, 7) is 1.02. The quantitative estimate of drug-likeness (QED) is 0.609. The highest BCUT2D eigenvalue weighted by molar-refractivity contribution is 5.91. The molecule has 2 N–H and O–H groups in total. The Morgan fingerprint density at radius 2 is 2.26 bits per heavy atom. The molecule has 2 aliphatic rings. The molecule has 2 atom stereocenters. The largest absolute Gasteiger partial charge is 0.358 e. The first-order valence-electron chi connectivity index (χ1n) is 6.77. The van der Waals surface area contributed by atoms with Gasteiger partial charge in [-0.3, -0.25) is 0 Å². The molecule has 2 aromatic rings. The van der Waals surface area contributed by atoms with Crippen LogP contribution in [0.2, 0.25) is 0 Å². The van der Waals surface area contributed by atoms with E-state index in [1.54, 1.807) is 0 Å². The van der Waals surface area contributed by atoms with Crippen molar-refractivity contribution < 1.29 is 4.92 Å². The van der Waals surface area contributed by atoms with Crippen LogP contribution in [-0.2, 0) is 6.42 Å². The monoisotopic (exact) mass is 257 g/mol. The van der Waals surface area contributed by atoms with E-state index in [4.69, 9.17) is 0 Å². The molecule has 1 aromatic heterocycles. The molecule has 0 bridgehead atoms. The fourth-order valence-corrected chi connectivity index (χ4v) is 3.76. The Morgan fingerprint density at radius 1 is 1.37 bits per heavy atom. The molecule has 1 fully saturated rings. The first-order chi connectivity index (χ1) is 9.25. The van der Waals surface area contributed by atoms with Crippen molar-refractivity contribution in [3.8, 4) is 0 Å². The second-order valence-electron chi connectivity index (χ2n) is 5.49. The normalized spacial score (nSPS) is 25.3. The predicted octanol–water partition coefficient (Wildman–Crippen LogP) is 2.47. The molecule has 0 spiro atoms. The highest BCUT2D eigenvalue weighted by atomic mass is 16.6. The lowest BCUT2D eigenvalue weighted by atomic mass is 9.76. The van der Waals surface area contributed by atoms with Crippen molar-refractivity contribution in [1.29, 1.82) is 0 Å². The number of hydrogen-bond donors (Lipinski definition) is 2. The smallest absolute Gasteiger partial charge is 0.325 e. The number of aromatic nitrogens is 1. The van der Waals surface area contributed by atoms with Gasteiger partial charge in [-0.25, -0.2) is 4.98 Å². The van der Waals surface area contributed by atoms with Crippen LogP contribution >= 0.6 is 0 Å². The van der Waals surface area contributed by atoms with Gasteiger partial charge in [0.15, 0.2) is 0 Å². The minimum atomic E-state index is -0.289. The molecule has 0 radical (unpaired) electrons. The predicted molar refractivity (Wildman–Crippen MR) is 72.4 cm³/mol. The van der Waals surface area contributed by atoms with Crippen LogP contribution in [0.1, 0.15) is 29.9 Å². The number of fused-ring (bicyclic) bond motifs is 2. The summed E-state index contributed by atoms with van der Waals surface area (Å²) in [6.07, 6.45) is 3.12. The molecule has 2 heterocycles. The van der Waals surface area contributed by atoms with E-state index in [1.165, 1.54) is 18.4 Å². The molecule has 0 amide bonds. The first kappa shape index (κ1) is 11.0. The van der Waals surface area contributed by atoms with Crippen LogP contribution in [0.5, 0.6) is 0 Å². The number of rotatable bonds is 1. The summed E-state index contributed by atoms with van der Waals surface area (Å²) in [5, 5.41) is 15.8. The standard InChI is InChI=1S/C14H15N3O2/c18-17(19)14-10-7-12-8(4-2-6-15-12)9-3-1-5-11(16-14)13(9)10/h1,3,5,8,12,15-16H,2,4,6-7H2/t8-,12-/m1/s1. The van der Waals surface area contributed by atoms with Crippen molar-refractivity contribution in [2.75, 3.05) is 6.54 Å². The van der Waals surface area contributed by atoms with Crippen molar-refractivity contribution in [1.82, 2.24) is 10.3 Å². The fourth-order valence-electron chi connectivity index (χ4n) is 3.76. The zero-order chi connectivity index (χ0) is 13.0. The lowest BCUT2D eigenvalue weighted by Gasteiger charge is -2.36. The lowest BCUT2D eigenvalue weighted by Crippen LogP contribution is -2.43. The summed E-state index contributed by atoms with van der Waals surface area (Å²) in [5.74, 6) is 0.675. The summed E-state index contributed by atoms with van der Waals surface area (Å²) < 4.78 is 0. The number of piperidine rings is 1. The molecular weight excluding hydrogens is 242 g/mol. The van der Waals surface area contributed by atoms with Crippen LogP contribution in [0.25, 0.3) is 10.9 Å². The van der Waals surface area contributed by atoms with Gasteiger partial charge in [-0.15, -0.1) is 0 Å². The highest BCUT2D eigenvalue weighted by Gasteiger charge is 2.37. The summed E-state index contributed by atoms with van der Waals surface area (Å²) in [5.41, 5.74) is 3.06. The van der Waals surface area contributed by atoms with E-state index in [9.17, 15) is 10.1 Å². The molecule has 5 heteroatoms. The van der Waals surface area contributed by atoms with Gasteiger partial charge >= 0.3 is 5.82 Å². The van der Waals surface area contributed by atoms with E-state index < -0.39 is 0 Å². The Kier molecular flexibility index (Phi) is 2.20. The van der Waals surface area contributed by atoms with Crippen LogP contribution in [0.4, 0.5) is 5.82 Å². The average molecular weight is 257 g/mol. The van der Waals surface area contributed by atoms with Gasteiger partial charge in [0, 0.05) is 17.3 Å². The number of nitro groups is 1. The Bertz CT molecular complexity index is 677. The van der Waals surface area contributed by atoms with Crippen molar-refractivity contribution in [2.24, 2.45) is 0 Å². The average Bonchev–Trinajstić information content (AvgIpc) is 2.80. The maximum Gasteiger partial charge on any atom is 0.325 e. The van der Waals surface area contributed by atoms with Crippen molar-refractivity contribution >= 4 is 16.7 Å². The molecule has 5 nitrogen and oxygen atoms in total. The number of H-pyrrole nitrogens is 1. The third-order valence-electron chi connectivity index (χ3n) is 4.53. The molecule has 19 heavy (non-hydrogen) atoms. The first-order valence-corrected chi connectivity index (χ1v) is 6.77. The van der Waals surface area contributed by atoms with Crippen LogP contribution < -0.4 is 5.32 Å². The molecule has 0 saturated carbocycles. The molecule has 1 aliphatic carbocycles. The Hall–Kier alpha value is -1.88. The molecule has 98 valence electrons. The zero-order valence-corrected chi connectivity index (χ0v) is 10.5. The SMILES string of the molecule is O=[N+]([O-])c1[nH]c2cccc3c2c1C[C@H]1NCCC[C@H]31. The van der Waals surface area contributed by atoms with E-state index in [2.05, 4.69) is 16.4 Å². The Labute approximate surface area is 110 Å². The van der Waals surface area contributed by atoms with Gasteiger partial charge in [0.1, 0.15) is 5.52 Å². The van der Waals surface area contributed by atoms with E-state index >= 15 is 0 Å². The Balaban J connectivity index is 2.00. The van der Waals surface area contributed by atoms with Crippen LogP contribution in [-0.4, -0.2) is 22.5 Å². The number of nitrogens with zero attached hydrogens (tertiary/aromatic N) is 1. The van der Waals surface area contributed by atoms with Gasteiger partial charge in [0.2, 0.25) is 0 Å². The highest BCUT2D eigenvalue weighted by Crippen LogP contribution is 2.43. The van der Waals surface area contributed by atoms with Gasteiger partial charge in [0.05, 0.1) is 5.56 Å². The van der Waals surface area contributed by atoms with Gasteiger partial charge in [-0.05, 0) is 42.4 Å². The fraction of sp³-hybridized carbons (Fsp3) is 0.429. The van der Waals surface area contributed by atoms with Crippen molar-refractivity contribution in [3.63, 3.8) is 0 Å². The summed E-state index contributed by atoms with van der Waals surface area (Å²) in [4.78, 5) is 13.9. The number of hydrogen-bond acceptors (Lipinski definition) is 3. The minimum absolute atomic E-state index is 0.174. The number of aromatic amines is 1. The third-order valence-corrected chi connectivity index (χ3v) is 4.53. The summed E-state index contributed by atoms with van der Waals surface area (Å²) >= 11 is 0. The van der Waals surface area contributed by atoms with Crippen LogP contribution in [0.3, 0.4) is 0 Å². The molecule has 1 aliphatic heterocycles. The summed E-state index contributed by atoms with van der Waals surface area (Å²) in [7, 11) is 0. The van der Waals surface area contributed by atoms with E-state index in [-0.39, 0.29) is 10.7 Å². The molecule has 0 unspecified atom stereocenters. The maximum absolute atomic E-state index is 11.2. The van der Waals surface area contributed by atoms with Crippen LogP contribution in [0.15, 0.2) is 18.2 Å². The van der Waals surface area contributed by atoms with Gasteiger partial charge in [-0.2, -0.15) is 0 Å². The van der Waals surface area contributed by atoms with E-state index in [0.29, 0.717) is 12.0 Å². The number of benzene rings is 1. The Morgan fingerprint density at radius 3 is 3.11 bits per heavy atom. The second-order valence-corrected chi connectivity index (χ2v) is 5.49. The van der Waals surface area contributed by atoms with Crippen molar-refractivity contribution in [2.45, 2.75) is 31.2 Å². The zero-order valence-electron chi connectivity index (χ0n) is 10.5. The van der Waals surface area contributed by atoms with E-state index in [1.807, 2.05) is 12.1 Å². The van der Waals surface area contributed by atoms with E-state index in [0.717, 1.165) is 29.4 Å². The van der Waals surface area contributed by atoms with Gasteiger partial charge < -0.3 is 15.4 Å². The second kappa shape index (κ2) is 3.81. The topological polar surface area (TPSA) is 71.0 Å². The lowest BCUT2D eigenvalue weighted by molar-refractivity contribution is -0.389. The molecular formula is C14H15N3O2. The molecule has 4 rings (SSSR count). The van der Waals surface area contributed by atoms with Gasteiger partial charge in [0.25, 0.3) is 0 Å². The molecule has 1 aromatic carbocycles. The van der Waals surface area contributed by atoms with Crippen molar-refractivity contribution in [3.05, 3.63) is 39.4 Å². The molecule has 1 saturated heterocycles. The minimum Gasteiger partial charge on any atom is -0.358 e. The third kappa shape index (κ3) is 1.45. The van der Waals surface area contributed by atoms with Gasteiger partial charge in [-0.1, -0.05) is 12.1 Å². The van der Waals surface area contributed by atoms with Crippen LogP contribution in [0, 0.1) is 10.1 Å².